The van der Waals surface area contributed by atoms with Gasteiger partial charge in [-0.05, 0) is 39.5 Å². The van der Waals surface area contributed by atoms with Crippen LogP contribution in [0.1, 0.15) is 47.0 Å². The van der Waals surface area contributed by atoms with Crippen molar-refractivity contribution in [3.8, 4) is 0 Å². The van der Waals surface area contributed by atoms with E-state index in [1.807, 2.05) is 13.8 Å². The zero-order chi connectivity index (χ0) is 17.5. The highest BCUT2D eigenvalue weighted by molar-refractivity contribution is 5.81. The molecule has 2 N–H and O–H groups in total. The van der Waals surface area contributed by atoms with Gasteiger partial charge in [-0.1, -0.05) is 13.3 Å². The number of hydrogen-bond donors (Lipinski definition) is 2. The van der Waals surface area contributed by atoms with Crippen LogP contribution in [0.15, 0.2) is 4.99 Å². The fraction of sp³-hybridized carbons (Fsp3) is 0.889. The zero-order valence-electron chi connectivity index (χ0n) is 15.8. The fourth-order valence-electron chi connectivity index (χ4n) is 3.36. The molecule has 6 nitrogen and oxygen atoms in total. The van der Waals surface area contributed by atoms with Crippen LogP contribution in [0.4, 0.5) is 0 Å². The third-order valence-corrected chi connectivity index (χ3v) is 4.69. The maximum atomic E-state index is 11.9. The van der Waals surface area contributed by atoms with Crippen LogP contribution >= 0.6 is 0 Å². The van der Waals surface area contributed by atoms with Gasteiger partial charge in [-0.25, -0.2) is 0 Å². The summed E-state index contributed by atoms with van der Waals surface area (Å²) in [7, 11) is 0. The number of nitrogens with zero attached hydrogens (tertiary/aromatic N) is 3. The molecular weight excluding hydrogens is 302 g/mol. The molecule has 1 aliphatic heterocycles. The van der Waals surface area contributed by atoms with Gasteiger partial charge in [0.1, 0.15) is 0 Å². The van der Waals surface area contributed by atoms with E-state index in [4.69, 9.17) is 0 Å². The van der Waals surface area contributed by atoms with Crippen LogP contribution < -0.4 is 10.6 Å². The molecule has 2 fully saturated rings. The van der Waals surface area contributed by atoms with E-state index in [1.54, 1.807) is 0 Å². The molecule has 6 heteroatoms. The van der Waals surface area contributed by atoms with Crippen LogP contribution in [-0.2, 0) is 4.79 Å². The van der Waals surface area contributed by atoms with E-state index in [-0.39, 0.29) is 11.9 Å². The Morgan fingerprint density at radius 2 is 1.92 bits per heavy atom. The number of piperazine rings is 1. The number of carbonyl (C=O) groups excluding carboxylic acids is 1. The monoisotopic (exact) mass is 337 g/mol. The van der Waals surface area contributed by atoms with Gasteiger partial charge in [-0.15, -0.1) is 0 Å². The Bertz CT molecular complexity index is 429. The third kappa shape index (κ3) is 5.96. The quantitative estimate of drug-likeness (QED) is 0.543. The predicted molar refractivity (Wildman–Crippen MR) is 99.2 cm³/mol. The summed E-state index contributed by atoms with van der Waals surface area (Å²) >= 11 is 0. The number of guanidine groups is 1. The molecule has 1 saturated carbocycles. The lowest BCUT2D eigenvalue weighted by Gasteiger charge is -2.36. The molecule has 0 aromatic carbocycles. The molecule has 0 radical (unpaired) electrons. The van der Waals surface area contributed by atoms with Gasteiger partial charge in [0.25, 0.3) is 0 Å². The van der Waals surface area contributed by atoms with Gasteiger partial charge >= 0.3 is 0 Å². The van der Waals surface area contributed by atoms with Gasteiger partial charge in [0.05, 0.1) is 6.54 Å². The summed E-state index contributed by atoms with van der Waals surface area (Å²) in [6, 6.07) is 0.825. The third-order valence-electron chi connectivity index (χ3n) is 4.69. The van der Waals surface area contributed by atoms with Crippen molar-refractivity contribution >= 4 is 11.9 Å². The normalized spacial score (nSPS) is 25.0. The number of aliphatic imine (C=N–C) groups is 1. The lowest BCUT2D eigenvalue weighted by Crippen LogP contribution is -2.54. The molecule has 0 aromatic rings. The van der Waals surface area contributed by atoms with E-state index in [2.05, 4.69) is 39.3 Å². The maximum absolute atomic E-state index is 11.9. The topological polar surface area (TPSA) is 60.0 Å². The summed E-state index contributed by atoms with van der Waals surface area (Å²) < 4.78 is 0. The average Bonchev–Trinajstić information content (AvgIpc) is 3.25. The molecule has 2 aliphatic rings. The van der Waals surface area contributed by atoms with Crippen LogP contribution in [0.5, 0.6) is 0 Å². The molecule has 0 aromatic heterocycles. The first-order valence-corrected chi connectivity index (χ1v) is 9.61. The summed E-state index contributed by atoms with van der Waals surface area (Å²) in [6.45, 7) is 13.4. The lowest BCUT2D eigenvalue weighted by atomic mass is 10.2. The minimum atomic E-state index is 0.124. The Morgan fingerprint density at radius 1 is 1.21 bits per heavy atom. The SMILES string of the molecule is CCCC1CC1NC(=NCC)N1CCN(CC(=O)NC(C)C)CC1. The highest BCUT2D eigenvalue weighted by Gasteiger charge is 2.37. The first-order valence-electron chi connectivity index (χ1n) is 9.61. The van der Waals surface area contributed by atoms with Gasteiger partial charge in [0.2, 0.25) is 5.91 Å². The van der Waals surface area contributed by atoms with E-state index >= 15 is 0 Å². The number of nitrogens with one attached hydrogen (secondary N) is 2. The zero-order valence-corrected chi connectivity index (χ0v) is 15.8. The average molecular weight is 338 g/mol. The van der Waals surface area contributed by atoms with Gasteiger partial charge in [-0.3, -0.25) is 14.7 Å². The minimum Gasteiger partial charge on any atom is -0.353 e. The van der Waals surface area contributed by atoms with E-state index < -0.39 is 0 Å². The molecule has 24 heavy (non-hydrogen) atoms. The summed E-state index contributed by atoms with van der Waals surface area (Å²) in [5, 5.41) is 6.62. The lowest BCUT2D eigenvalue weighted by molar-refractivity contribution is -0.123. The number of carbonyl (C=O) groups is 1. The van der Waals surface area contributed by atoms with Gasteiger partial charge in [0, 0.05) is 44.8 Å². The van der Waals surface area contributed by atoms with Crippen molar-refractivity contribution < 1.29 is 4.79 Å². The summed E-state index contributed by atoms with van der Waals surface area (Å²) in [5.74, 6) is 2.02. The molecule has 2 rings (SSSR count). The van der Waals surface area contributed by atoms with Crippen LogP contribution in [0.3, 0.4) is 0 Å². The molecule has 138 valence electrons. The van der Waals surface area contributed by atoms with Crippen molar-refractivity contribution in [2.45, 2.75) is 59.0 Å². The highest BCUT2D eigenvalue weighted by Crippen LogP contribution is 2.34. The Morgan fingerprint density at radius 3 is 2.50 bits per heavy atom. The molecule has 2 atom stereocenters. The standard InChI is InChI=1S/C18H35N5O/c1-5-7-15-12-16(15)21-18(19-6-2)23-10-8-22(9-11-23)13-17(24)20-14(3)4/h14-16H,5-13H2,1-4H3,(H,19,21)(H,20,24). The molecule has 2 unspecified atom stereocenters. The smallest absolute Gasteiger partial charge is 0.234 e. The van der Waals surface area contributed by atoms with Gasteiger partial charge in [-0.2, -0.15) is 0 Å². The minimum absolute atomic E-state index is 0.124. The van der Waals surface area contributed by atoms with Gasteiger partial charge < -0.3 is 15.5 Å². The van der Waals surface area contributed by atoms with Crippen molar-refractivity contribution in [1.29, 1.82) is 0 Å². The van der Waals surface area contributed by atoms with E-state index in [9.17, 15) is 4.79 Å². The predicted octanol–water partition coefficient (Wildman–Crippen LogP) is 1.28. The number of rotatable bonds is 7. The Hall–Kier alpha value is -1.30. The molecular formula is C18H35N5O. The first-order chi connectivity index (χ1) is 11.5. The molecule has 0 spiro atoms. The van der Waals surface area contributed by atoms with Crippen LogP contribution in [0.2, 0.25) is 0 Å². The number of amides is 1. The van der Waals surface area contributed by atoms with Crippen molar-refractivity contribution in [2.75, 3.05) is 39.3 Å². The molecule has 1 heterocycles. The molecule has 1 saturated heterocycles. The van der Waals surface area contributed by atoms with E-state index in [0.29, 0.717) is 12.6 Å². The second-order valence-corrected chi connectivity index (χ2v) is 7.32. The van der Waals surface area contributed by atoms with Crippen LogP contribution in [-0.4, -0.2) is 73.0 Å². The second kappa shape index (κ2) is 9.25. The summed E-state index contributed by atoms with van der Waals surface area (Å²) in [4.78, 5) is 21.1. The number of hydrogen-bond acceptors (Lipinski definition) is 3. The molecule has 0 bridgehead atoms. The summed E-state index contributed by atoms with van der Waals surface area (Å²) in [5.41, 5.74) is 0. The van der Waals surface area contributed by atoms with Crippen LogP contribution in [0.25, 0.3) is 0 Å². The van der Waals surface area contributed by atoms with Crippen molar-refractivity contribution in [2.24, 2.45) is 10.9 Å². The Kier molecular flexibility index (Phi) is 7.34. The fourth-order valence-corrected chi connectivity index (χ4v) is 3.36. The van der Waals surface area contributed by atoms with E-state index in [1.165, 1.54) is 19.3 Å². The Labute approximate surface area is 147 Å². The second-order valence-electron chi connectivity index (χ2n) is 7.32. The van der Waals surface area contributed by atoms with Crippen molar-refractivity contribution in [3.63, 3.8) is 0 Å². The van der Waals surface area contributed by atoms with Gasteiger partial charge in [0.15, 0.2) is 5.96 Å². The van der Waals surface area contributed by atoms with E-state index in [0.717, 1.165) is 44.6 Å². The first kappa shape index (κ1) is 19.0. The van der Waals surface area contributed by atoms with Crippen molar-refractivity contribution in [3.05, 3.63) is 0 Å². The Balaban J connectivity index is 1.76. The highest BCUT2D eigenvalue weighted by atomic mass is 16.2. The van der Waals surface area contributed by atoms with Crippen molar-refractivity contribution in [1.82, 2.24) is 20.4 Å². The molecule has 1 amide bonds. The van der Waals surface area contributed by atoms with Crippen LogP contribution in [0, 0.1) is 5.92 Å². The maximum Gasteiger partial charge on any atom is 0.234 e. The molecule has 1 aliphatic carbocycles. The largest absolute Gasteiger partial charge is 0.353 e. The summed E-state index contributed by atoms with van der Waals surface area (Å²) in [6.07, 6.45) is 3.86.